The first-order valence-electron chi connectivity index (χ1n) is 11.4. The van der Waals surface area contributed by atoms with Crippen LogP contribution in [-0.2, 0) is 24.1 Å². The molecule has 2 aliphatic rings. The van der Waals surface area contributed by atoms with Gasteiger partial charge in [0.1, 0.15) is 5.82 Å². The highest BCUT2D eigenvalue weighted by molar-refractivity contribution is 6.01. The van der Waals surface area contributed by atoms with Crippen LogP contribution in [0.3, 0.4) is 0 Å². The van der Waals surface area contributed by atoms with Crippen LogP contribution < -0.4 is 4.90 Å². The maximum Gasteiger partial charge on any atom is 0.227 e. The van der Waals surface area contributed by atoms with E-state index in [9.17, 15) is 14.0 Å². The van der Waals surface area contributed by atoms with Gasteiger partial charge < -0.3 is 9.80 Å². The molecule has 2 aromatic carbocycles. The molecule has 0 atom stereocenters. The molecule has 2 aromatic rings. The molecule has 6 heteroatoms. The average Bonchev–Trinajstić information content (AvgIpc) is 2.77. The van der Waals surface area contributed by atoms with Crippen LogP contribution in [0, 0.1) is 5.82 Å². The summed E-state index contributed by atoms with van der Waals surface area (Å²) in [6, 6.07) is 10.8. The highest BCUT2D eigenvalue weighted by Crippen LogP contribution is 2.36. The van der Waals surface area contributed by atoms with Gasteiger partial charge in [0.2, 0.25) is 5.91 Å². The first kappa shape index (κ1) is 24.4. The highest BCUT2D eigenvalue weighted by Gasteiger charge is 2.30. The van der Waals surface area contributed by atoms with E-state index in [1.807, 2.05) is 23.1 Å². The SMILES string of the molecule is CN(CCCCC(=O)c1cc2c3c(c1)CCC(=O)N3CCC2)CCc1cccc(F)c1.Cl. The monoisotopic (exact) mass is 458 g/mol. The number of halogens is 2. The van der Waals surface area contributed by atoms with E-state index in [0.717, 1.165) is 86.1 Å². The lowest BCUT2D eigenvalue weighted by Crippen LogP contribution is -2.39. The zero-order valence-electron chi connectivity index (χ0n) is 18.7. The Hall–Kier alpha value is -2.24. The molecule has 0 fully saturated rings. The van der Waals surface area contributed by atoms with Gasteiger partial charge in [-0.1, -0.05) is 12.1 Å². The van der Waals surface area contributed by atoms with Crippen LogP contribution in [0.25, 0.3) is 0 Å². The van der Waals surface area contributed by atoms with E-state index in [4.69, 9.17) is 0 Å². The van der Waals surface area contributed by atoms with Gasteiger partial charge in [0.15, 0.2) is 5.78 Å². The number of unbranched alkanes of at least 4 members (excludes halogenated alkanes) is 1. The summed E-state index contributed by atoms with van der Waals surface area (Å²) in [5.74, 6) is 0.235. The third kappa shape index (κ3) is 5.76. The zero-order valence-corrected chi connectivity index (χ0v) is 19.6. The van der Waals surface area contributed by atoms with Crippen LogP contribution in [0.5, 0.6) is 0 Å². The summed E-state index contributed by atoms with van der Waals surface area (Å²) in [6.07, 6.45) is 6.41. The Bertz CT molecular complexity index is 961. The third-order valence-corrected chi connectivity index (χ3v) is 6.46. The number of carbonyl (C=O) groups excluding carboxylic acids is 2. The molecule has 172 valence electrons. The first-order chi connectivity index (χ1) is 15.0. The summed E-state index contributed by atoms with van der Waals surface area (Å²) in [6.45, 7) is 2.61. The van der Waals surface area contributed by atoms with Crippen LogP contribution >= 0.6 is 12.4 Å². The molecule has 0 saturated carbocycles. The Kier molecular flexibility index (Phi) is 8.44. The summed E-state index contributed by atoms with van der Waals surface area (Å²) < 4.78 is 13.3. The second-order valence-electron chi connectivity index (χ2n) is 8.86. The summed E-state index contributed by atoms with van der Waals surface area (Å²) in [7, 11) is 2.07. The Morgan fingerprint density at radius 2 is 1.84 bits per heavy atom. The minimum Gasteiger partial charge on any atom is -0.312 e. The van der Waals surface area contributed by atoms with Crippen LogP contribution in [-0.4, -0.2) is 43.3 Å². The van der Waals surface area contributed by atoms with Crippen LogP contribution in [0.2, 0.25) is 0 Å². The number of likely N-dealkylation sites (N-methyl/N-ethyl adjacent to an activating group) is 1. The molecule has 0 radical (unpaired) electrons. The number of ketones is 1. The molecule has 0 N–H and O–H groups in total. The van der Waals surface area contributed by atoms with Crippen molar-refractivity contribution in [1.29, 1.82) is 0 Å². The average molecular weight is 459 g/mol. The Balaban J connectivity index is 0.00000289. The highest BCUT2D eigenvalue weighted by atomic mass is 35.5. The molecule has 0 unspecified atom stereocenters. The molecule has 32 heavy (non-hydrogen) atoms. The van der Waals surface area contributed by atoms with E-state index in [1.54, 1.807) is 12.1 Å². The molecule has 4 nitrogen and oxygen atoms in total. The lowest BCUT2D eigenvalue weighted by Gasteiger charge is -2.35. The predicted octanol–water partition coefficient (Wildman–Crippen LogP) is 5.00. The van der Waals surface area contributed by atoms with Crippen LogP contribution in [0.4, 0.5) is 10.1 Å². The van der Waals surface area contributed by atoms with Crippen molar-refractivity contribution >= 4 is 29.8 Å². The van der Waals surface area contributed by atoms with Crippen molar-refractivity contribution in [2.24, 2.45) is 0 Å². The third-order valence-electron chi connectivity index (χ3n) is 6.46. The normalized spacial score (nSPS) is 14.8. The van der Waals surface area contributed by atoms with Crippen LogP contribution in [0.15, 0.2) is 36.4 Å². The van der Waals surface area contributed by atoms with Gasteiger partial charge >= 0.3 is 0 Å². The van der Waals surface area contributed by atoms with Gasteiger partial charge in [-0.25, -0.2) is 4.39 Å². The van der Waals surface area contributed by atoms with E-state index in [1.165, 1.54) is 6.07 Å². The van der Waals surface area contributed by atoms with Gasteiger partial charge in [-0.2, -0.15) is 0 Å². The van der Waals surface area contributed by atoms with Crippen molar-refractivity contribution in [3.63, 3.8) is 0 Å². The van der Waals surface area contributed by atoms with Crippen molar-refractivity contribution in [3.05, 3.63) is 64.5 Å². The Morgan fingerprint density at radius 1 is 1.06 bits per heavy atom. The van der Waals surface area contributed by atoms with E-state index >= 15 is 0 Å². The van der Waals surface area contributed by atoms with Crippen molar-refractivity contribution in [2.75, 3.05) is 31.6 Å². The molecule has 4 rings (SSSR count). The molecule has 2 heterocycles. The molecular formula is C26H32ClFN2O2. The van der Waals surface area contributed by atoms with E-state index in [2.05, 4.69) is 11.9 Å². The number of aryl methyl sites for hydroxylation is 2. The molecule has 0 spiro atoms. The molecule has 0 bridgehead atoms. The van der Waals surface area contributed by atoms with Crippen molar-refractivity contribution in [1.82, 2.24) is 4.90 Å². The second-order valence-corrected chi connectivity index (χ2v) is 8.86. The molecule has 0 aromatic heterocycles. The minimum absolute atomic E-state index is 0. The number of hydrogen-bond acceptors (Lipinski definition) is 3. The number of amides is 1. The first-order valence-corrected chi connectivity index (χ1v) is 11.4. The summed E-state index contributed by atoms with van der Waals surface area (Å²) >= 11 is 0. The van der Waals surface area contributed by atoms with Gasteiger partial charge in [-0.3, -0.25) is 9.59 Å². The number of hydrogen-bond donors (Lipinski definition) is 0. The topological polar surface area (TPSA) is 40.6 Å². The largest absolute Gasteiger partial charge is 0.312 e. The van der Waals surface area contributed by atoms with Gasteiger partial charge in [-0.05, 0) is 93.1 Å². The van der Waals surface area contributed by atoms with Crippen LogP contribution in [0.1, 0.15) is 59.2 Å². The maximum absolute atomic E-state index is 13.3. The van der Waals surface area contributed by atoms with Crippen molar-refractivity contribution in [3.8, 4) is 0 Å². The van der Waals surface area contributed by atoms with Crippen molar-refractivity contribution < 1.29 is 14.0 Å². The molecule has 1 amide bonds. The fraction of sp³-hybridized carbons (Fsp3) is 0.462. The quantitative estimate of drug-likeness (QED) is 0.392. The minimum atomic E-state index is -0.186. The lowest BCUT2D eigenvalue weighted by molar-refractivity contribution is -0.119. The number of carbonyl (C=O) groups is 2. The zero-order chi connectivity index (χ0) is 21.8. The Morgan fingerprint density at radius 3 is 2.62 bits per heavy atom. The standard InChI is InChI=1S/C26H31FN2O2.ClH/c1-28(15-12-19-6-4-8-23(27)16-19)13-3-2-9-24(30)22-17-20-7-5-14-29-25(31)11-10-21(18-22)26(20)29;/h4,6,8,16-18H,2-3,5,7,9-15H2,1H3;1H. The fourth-order valence-electron chi connectivity index (χ4n) is 4.75. The number of benzene rings is 2. The van der Waals surface area contributed by atoms with E-state index < -0.39 is 0 Å². The van der Waals surface area contributed by atoms with E-state index in [0.29, 0.717) is 12.8 Å². The summed E-state index contributed by atoms with van der Waals surface area (Å²) in [5.41, 5.74) is 5.23. The van der Waals surface area contributed by atoms with Gasteiger partial charge in [0.25, 0.3) is 0 Å². The number of rotatable bonds is 9. The van der Waals surface area contributed by atoms with Gasteiger partial charge in [-0.15, -0.1) is 12.4 Å². The second kappa shape index (κ2) is 11.1. The molecule has 2 aliphatic heterocycles. The van der Waals surface area contributed by atoms with Gasteiger partial charge in [0, 0.05) is 31.5 Å². The number of nitrogens with zero attached hydrogens (tertiary/aromatic N) is 2. The lowest BCUT2D eigenvalue weighted by atomic mass is 9.88. The predicted molar refractivity (Wildman–Crippen MR) is 128 cm³/mol. The number of Topliss-reactive ketones (excluding diaryl/α,β-unsaturated/α-hetero) is 1. The van der Waals surface area contributed by atoms with E-state index in [-0.39, 0.29) is 29.9 Å². The summed E-state index contributed by atoms with van der Waals surface area (Å²) in [4.78, 5) is 29.2. The Labute approximate surface area is 196 Å². The molecule has 0 aliphatic carbocycles. The maximum atomic E-state index is 13.3. The summed E-state index contributed by atoms with van der Waals surface area (Å²) in [5, 5.41) is 0. The fourth-order valence-corrected chi connectivity index (χ4v) is 4.75. The number of anilines is 1. The van der Waals surface area contributed by atoms with Gasteiger partial charge in [0.05, 0.1) is 5.69 Å². The smallest absolute Gasteiger partial charge is 0.227 e. The van der Waals surface area contributed by atoms with Crippen molar-refractivity contribution in [2.45, 2.75) is 51.4 Å². The molecular weight excluding hydrogens is 427 g/mol. The molecule has 0 saturated heterocycles.